The van der Waals surface area contributed by atoms with Crippen molar-refractivity contribution in [1.29, 1.82) is 0 Å². The Labute approximate surface area is 410 Å². The lowest BCUT2D eigenvalue weighted by Crippen LogP contribution is -2.48. The quantitative estimate of drug-likeness (QED) is 0.145. The third-order valence-electron chi connectivity index (χ3n) is 13.8. The van der Waals surface area contributed by atoms with E-state index in [2.05, 4.69) is 150 Å². The first-order valence-electron chi connectivity index (χ1n) is 22.8. The van der Waals surface area contributed by atoms with Gasteiger partial charge >= 0.3 is 0 Å². The standard InChI is InChI=1S/C60H33B7N2/c61-52-49(53(62)57(66)59-50(52)51-54(63)55(64)56(65)58(67)60(51)69(59)44-28-22-39(23-29-44)36-14-8-3-9-15-36)42-25-31-47-46(32-42)45-30-24-41(40-18-16-37(17-19-40)34-10-4-1-5-11-34)33-48(45)68(47)43-26-20-38(21-27-43)35-12-6-2-7-13-35/h1-33H. The van der Waals surface area contributed by atoms with Crippen LogP contribution in [0.1, 0.15) is 0 Å². The molecule has 0 saturated carbocycles. The van der Waals surface area contributed by atoms with E-state index < -0.39 is 0 Å². The second kappa shape index (κ2) is 16.8. The van der Waals surface area contributed by atoms with Crippen molar-refractivity contribution >= 4 is 137 Å². The molecule has 0 bridgehead atoms. The van der Waals surface area contributed by atoms with Crippen molar-refractivity contribution in [2.24, 2.45) is 0 Å². The van der Waals surface area contributed by atoms with Gasteiger partial charge in [-0.05, 0) is 103 Å². The summed E-state index contributed by atoms with van der Waals surface area (Å²) >= 11 is 0. The average molecular weight is 858 g/mol. The zero-order valence-corrected chi connectivity index (χ0v) is 37.5. The first-order chi connectivity index (χ1) is 33.7. The molecular weight excluding hydrogens is 824 g/mol. The molecule has 0 unspecified atom stereocenters. The molecule has 0 N–H and O–H groups in total. The molecule has 69 heavy (non-hydrogen) atoms. The highest BCUT2D eigenvalue weighted by Crippen LogP contribution is 2.39. The van der Waals surface area contributed by atoms with Crippen LogP contribution in [0.2, 0.25) is 0 Å². The Morgan fingerprint density at radius 2 is 0.638 bits per heavy atom. The molecule has 0 saturated heterocycles. The Morgan fingerprint density at radius 1 is 0.246 bits per heavy atom. The minimum Gasteiger partial charge on any atom is -0.311 e. The van der Waals surface area contributed by atoms with Crippen LogP contribution in [-0.2, 0) is 0 Å². The number of aromatic nitrogens is 2. The molecule has 14 radical (unpaired) electrons. The van der Waals surface area contributed by atoms with E-state index in [9.17, 15) is 0 Å². The molecule has 0 aliphatic carbocycles. The molecule has 0 fully saturated rings. The SMILES string of the molecule is [B]c1c([B])c([B])c2c(c1[B])c1c([B])c(-c3ccc4c(c3)c3ccc(-c5ccc(-c6ccccc6)cc5)cc3n4-c3ccc(-c4ccccc4)cc3)c([B])c([B])c1n2-c1ccc(-c2ccccc2)cc1. The lowest BCUT2D eigenvalue weighted by Gasteiger charge is -2.19. The van der Waals surface area contributed by atoms with E-state index in [1.807, 2.05) is 59.2 Å². The predicted molar refractivity (Wildman–Crippen MR) is 300 cm³/mol. The number of fused-ring (bicyclic) bond motifs is 6. The second-order valence-electron chi connectivity index (χ2n) is 17.6. The van der Waals surface area contributed by atoms with Gasteiger partial charge in [0.25, 0.3) is 0 Å². The Hall–Kier alpha value is -7.75. The third kappa shape index (κ3) is 6.89. The van der Waals surface area contributed by atoms with Crippen LogP contribution in [0, 0.1) is 0 Å². The fourth-order valence-electron chi connectivity index (χ4n) is 10.2. The first-order valence-corrected chi connectivity index (χ1v) is 22.8. The second-order valence-corrected chi connectivity index (χ2v) is 17.6. The van der Waals surface area contributed by atoms with E-state index >= 15 is 0 Å². The maximum atomic E-state index is 7.41. The molecule has 0 amide bonds. The maximum Gasteiger partial charge on any atom is 0.115 e. The molecule has 0 aliphatic heterocycles. The van der Waals surface area contributed by atoms with Crippen LogP contribution in [0.5, 0.6) is 0 Å². The zero-order valence-electron chi connectivity index (χ0n) is 37.5. The number of hydrogen-bond donors (Lipinski definition) is 0. The average Bonchev–Trinajstić information content (AvgIpc) is 3.94. The van der Waals surface area contributed by atoms with Crippen LogP contribution in [0.15, 0.2) is 200 Å². The van der Waals surface area contributed by atoms with Crippen molar-refractivity contribution in [3.63, 3.8) is 0 Å². The van der Waals surface area contributed by atoms with Gasteiger partial charge in [0.1, 0.15) is 54.9 Å². The molecule has 2 nitrogen and oxygen atoms in total. The van der Waals surface area contributed by atoms with Crippen LogP contribution in [-0.4, -0.2) is 64.1 Å². The highest BCUT2D eigenvalue weighted by atomic mass is 15.0. The fourth-order valence-corrected chi connectivity index (χ4v) is 10.2. The molecule has 0 spiro atoms. The Morgan fingerprint density at radius 3 is 1.16 bits per heavy atom. The highest BCUT2D eigenvalue weighted by molar-refractivity contribution is 6.69. The summed E-state index contributed by atoms with van der Waals surface area (Å²) in [4.78, 5) is 0. The summed E-state index contributed by atoms with van der Waals surface area (Å²) in [7, 11) is 48.8. The number of benzene rings is 10. The lowest BCUT2D eigenvalue weighted by atomic mass is 9.64. The van der Waals surface area contributed by atoms with E-state index in [0.29, 0.717) is 43.8 Å². The van der Waals surface area contributed by atoms with Gasteiger partial charge in [-0.25, -0.2) is 0 Å². The molecular formula is C60H33B7N2. The monoisotopic (exact) mass is 858 g/mol. The Bertz CT molecular complexity index is 3980. The van der Waals surface area contributed by atoms with Crippen molar-refractivity contribution in [2.75, 3.05) is 0 Å². The number of hydrogen-bond acceptors (Lipinski definition) is 0. The van der Waals surface area contributed by atoms with Crippen molar-refractivity contribution in [3.8, 4) is 67.0 Å². The predicted octanol–water partition coefficient (Wildman–Crippen LogP) is 7.77. The van der Waals surface area contributed by atoms with E-state index in [1.54, 1.807) is 0 Å². The molecule has 12 rings (SSSR count). The fraction of sp³-hybridized carbons (Fsp3) is 0. The van der Waals surface area contributed by atoms with Crippen LogP contribution in [0.25, 0.3) is 111 Å². The normalized spacial score (nSPS) is 11.6. The summed E-state index contributed by atoms with van der Waals surface area (Å²) in [5, 5.41) is 3.21. The lowest BCUT2D eigenvalue weighted by molar-refractivity contribution is 1.18. The molecule has 12 aromatic rings. The van der Waals surface area contributed by atoms with Gasteiger partial charge in [0.05, 0.1) is 11.0 Å². The van der Waals surface area contributed by atoms with Gasteiger partial charge in [0, 0.05) is 38.6 Å². The molecule has 2 heterocycles. The Balaban J connectivity index is 1.06. The van der Waals surface area contributed by atoms with Crippen molar-refractivity contribution in [1.82, 2.24) is 9.13 Å². The highest BCUT2D eigenvalue weighted by Gasteiger charge is 2.25. The van der Waals surface area contributed by atoms with Gasteiger partial charge in [0.2, 0.25) is 0 Å². The van der Waals surface area contributed by atoms with Crippen LogP contribution in [0.4, 0.5) is 0 Å². The molecule has 0 aliphatic rings. The van der Waals surface area contributed by atoms with Gasteiger partial charge in [-0.1, -0.05) is 185 Å². The molecule has 9 heteroatoms. The van der Waals surface area contributed by atoms with Crippen molar-refractivity contribution in [2.45, 2.75) is 0 Å². The summed E-state index contributed by atoms with van der Waals surface area (Å²) in [5.74, 6) is 0. The largest absolute Gasteiger partial charge is 0.311 e. The molecule has 0 atom stereocenters. The van der Waals surface area contributed by atoms with E-state index in [0.717, 1.165) is 72.1 Å². The first kappa shape index (κ1) is 42.6. The molecule has 2 aromatic heterocycles. The summed E-state index contributed by atoms with van der Waals surface area (Å²) in [6, 6.07) is 69.6. The number of rotatable bonds is 7. The zero-order chi connectivity index (χ0) is 47.1. The summed E-state index contributed by atoms with van der Waals surface area (Å²) in [6.07, 6.45) is 0. The summed E-state index contributed by atoms with van der Waals surface area (Å²) < 4.78 is 4.27. The summed E-state index contributed by atoms with van der Waals surface area (Å²) in [6.45, 7) is 0. The van der Waals surface area contributed by atoms with Crippen molar-refractivity contribution in [3.05, 3.63) is 200 Å². The van der Waals surface area contributed by atoms with Crippen LogP contribution < -0.4 is 38.2 Å². The third-order valence-corrected chi connectivity index (χ3v) is 13.8. The van der Waals surface area contributed by atoms with Gasteiger partial charge in [-0.2, -0.15) is 0 Å². The molecule has 304 valence electrons. The Kier molecular flexibility index (Phi) is 10.4. The van der Waals surface area contributed by atoms with Gasteiger partial charge in [0.15, 0.2) is 0 Å². The number of nitrogens with zero attached hydrogens (tertiary/aromatic N) is 2. The summed E-state index contributed by atoms with van der Waals surface area (Å²) in [5.41, 5.74) is 17.2. The maximum absolute atomic E-state index is 7.41. The van der Waals surface area contributed by atoms with E-state index in [4.69, 9.17) is 54.9 Å². The van der Waals surface area contributed by atoms with Gasteiger partial charge in [-0.3, -0.25) is 0 Å². The van der Waals surface area contributed by atoms with Crippen molar-refractivity contribution < 1.29 is 0 Å². The van der Waals surface area contributed by atoms with E-state index in [1.165, 1.54) is 11.1 Å². The van der Waals surface area contributed by atoms with Gasteiger partial charge in [-0.15, -0.1) is 10.9 Å². The van der Waals surface area contributed by atoms with Gasteiger partial charge < -0.3 is 9.13 Å². The van der Waals surface area contributed by atoms with E-state index in [-0.39, 0.29) is 21.9 Å². The topological polar surface area (TPSA) is 9.86 Å². The minimum atomic E-state index is 0.173. The smallest absolute Gasteiger partial charge is 0.115 e. The van der Waals surface area contributed by atoms with Crippen LogP contribution >= 0.6 is 0 Å². The minimum absolute atomic E-state index is 0.173. The molecule has 10 aromatic carbocycles. The van der Waals surface area contributed by atoms with Crippen LogP contribution in [0.3, 0.4) is 0 Å².